The fourth-order valence-electron chi connectivity index (χ4n) is 5.77. The number of Topliss-reactive ketones (excluding diaryl/α,β-unsaturated/α-hetero) is 2. The maximum Gasteiger partial charge on any atom is 0.255 e. The van der Waals surface area contributed by atoms with Gasteiger partial charge in [-0.25, -0.2) is 0 Å². The summed E-state index contributed by atoms with van der Waals surface area (Å²) < 4.78 is 0. The number of nitrogens with zero attached hydrogens (tertiary/aromatic N) is 2. The van der Waals surface area contributed by atoms with Crippen molar-refractivity contribution in [2.75, 3.05) is 21.2 Å². The quantitative estimate of drug-likeness (QED) is 0.228. The first-order chi connectivity index (χ1) is 16.4. The predicted octanol–water partition coefficient (Wildman–Crippen LogP) is 0.334. The molecular formula is C24H27N3O8. The second kappa shape index (κ2) is 8.21. The molecular weight excluding hydrogens is 458 g/mol. The number of amides is 1. The van der Waals surface area contributed by atoms with Crippen molar-refractivity contribution in [1.29, 1.82) is 0 Å². The van der Waals surface area contributed by atoms with Gasteiger partial charge in [-0.2, -0.15) is 0 Å². The van der Waals surface area contributed by atoms with E-state index in [1.165, 1.54) is 18.1 Å². The number of nitrogens with two attached hydrogens (primary N) is 1. The highest BCUT2D eigenvalue weighted by molar-refractivity contribution is 6.24. The molecule has 4 atom stereocenters. The number of hydrogen-bond acceptors (Lipinski definition) is 10. The molecule has 0 spiro atoms. The zero-order chi connectivity index (χ0) is 26.0. The Bertz CT molecular complexity index is 1260. The van der Waals surface area contributed by atoms with Gasteiger partial charge in [-0.05, 0) is 57.5 Å². The molecule has 0 aromatic heterocycles. The lowest BCUT2D eigenvalue weighted by atomic mass is 9.57. The molecule has 1 aromatic rings. The Labute approximate surface area is 200 Å². The molecule has 0 heterocycles. The molecule has 3 aliphatic rings. The van der Waals surface area contributed by atoms with Crippen LogP contribution in [-0.4, -0.2) is 81.4 Å². The van der Waals surface area contributed by atoms with Gasteiger partial charge in [-0.3, -0.25) is 19.3 Å². The number of ketones is 2. The van der Waals surface area contributed by atoms with Crippen LogP contribution in [0.1, 0.15) is 30.0 Å². The average Bonchev–Trinajstić information content (AvgIpc) is 2.76. The summed E-state index contributed by atoms with van der Waals surface area (Å²) in [7, 11) is 4.48. The summed E-state index contributed by atoms with van der Waals surface area (Å²) in [6.45, 7) is 1.69. The molecule has 4 rings (SSSR count). The average molecular weight is 485 g/mol. The number of benzene rings is 1. The van der Waals surface area contributed by atoms with Crippen LogP contribution in [-0.2, 0) is 25.6 Å². The number of aliphatic hydroxyl groups excluding tert-OH is 2. The van der Waals surface area contributed by atoms with E-state index in [9.17, 15) is 34.8 Å². The Morgan fingerprint density at radius 2 is 1.89 bits per heavy atom. The van der Waals surface area contributed by atoms with Crippen LogP contribution in [0.25, 0.3) is 5.76 Å². The standard InChI is InChI=1S/C24H27N3O8/c1-9(26-35-4)11-5-6-14(28)16-12(11)7-10-8-13-18(27(2)3)20(30)17(23(25)33)22(32)24(13,34)21(31)15(10)19(16)29/h5-6,10,13,18,28-29,32,34H,7-8H2,1-4H3,(H2,25,33)/b26-9+/t10-,13+,18-,24-/m1/s1. The highest BCUT2D eigenvalue weighted by atomic mass is 16.6. The van der Waals surface area contributed by atoms with Gasteiger partial charge in [0, 0.05) is 17.1 Å². The Hall–Kier alpha value is -3.70. The number of oxime groups is 1. The Morgan fingerprint density at radius 3 is 2.46 bits per heavy atom. The van der Waals surface area contributed by atoms with Crippen LogP contribution in [0.5, 0.6) is 5.75 Å². The number of primary amides is 1. The second-order valence-corrected chi connectivity index (χ2v) is 9.31. The summed E-state index contributed by atoms with van der Waals surface area (Å²) in [6.07, 6.45) is 0.191. The summed E-state index contributed by atoms with van der Waals surface area (Å²) in [6, 6.07) is 1.83. The second-order valence-electron chi connectivity index (χ2n) is 9.31. The van der Waals surface area contributed by atoms with E-state index in [-0.39, 0.29) is 29.7 Å². The van der Waals surface area contributed by atoms with Gasteiger partial charge >= 0.3 is 0 Å². The number of fused-ring (bicyclic) bond motifs is 3. The monoisotopic (exact) mass is 485 g/mol. The summed E-state index contributed by atoms with van der Waals surface area (Å²) >= 11 is 0. The Morgan fingerprint density at radius 1 is 1.23 bits per heavy atom. The number of aliphatic hydroxyl groups is 3. The van der Waals surface area contributed by atoms with Crippen LogP contribution >= 0.6 is 0 Å². The van der Waals surface area contributed by atoms with Crippen LogP contribution in [0.2, 0.25) is 0 Å². The lowest BCUT2D eigenvalue weighted by molar-refractivity contribution is -0.153. The van der Waals surface area contributed by atoms with Gasteiger partial charge in [0.25, 0.3) is 5.91 Å². The van der Waals surface area contributed by atoms with Gasteiger partial charge in [-0.15, -0.1) is 0 Å². The highest BCUT2D eigenvalue weighted by Crippen LogP contribution is 2.52. The van der Waals surface area contributed by atoms with Gasteiger partial charge in [-0.1, -0.05) is 5.16 Å². The molecule has 6 N–H and O–H groups in total. The fourth-order valence-corrected chi connectivity index (χ4v) is 5.77. The van der Waals surface area contributed by atoms with E-state index in [2.05, 4.69) is 5.16 Å². The molecule has 0 aliphatic heterocycles. The zero-order valence-electron chi connectivity index (χ0n) is 19.7. The van der Waals surface area contributed by atoms with Gasteiger partial charge in [0.1, 0.15) is 30.0 Å². The van der Waals surface area contributed by atoms with Crippen LogP contribution in [0.4, 0.5) is 0 Å². The summed E-state index contributed by atoms with van der Waals surface area (Å²) in [5, 5.41) is 48.1. The number of likely N-dealkylation sites (N-methyl/N-ethyl adjacent to an activating group) is 1. The molecule has 0 saturated heterocycles. The third kappa shape index (κ3) is 3.26. The minimum atomic E-state index is -2.66. The van der Waals surface area contributed by atoms with Crippen molar-refractivity contribution in [3.63, 3.8) is 0 Å². The molecule has 11 heteroatoms. The third-order valence-corrected chi connectivity index (χ3v) is 7.22. The van der Waals surface area contributed by atoms with Gasteiger partial charge < -0.3 is 31.0 Å². The number of carbonyl (C=O) groups excluding carboxylic acids is 3. The van der Waals surface area contributed by atoms with E-state index in [1.54, 1.807) is 27.1 Å². The van der Waals surface area contributed by atoms with Crippen LogP contribution < -0.4 is 5.73 Å². The van der Waals surface area contributed by atoms with Crippen molar-refractivity contribution in [2.45, 2.75) is 31.4 Å². The predicted molar refractivity (Wildman–Crippen MR) is 123 cm³/mol. The Kier molecular flexibility index (Phi) is 5.73. The maximum absolute atomic E-state index is 13.8. The first-order valence-corrected chi connectivity index (χ1v) is 11.0. The topological polar surface area (TPSA) is 183 Å². The summed E-state index contributed by atoms with van der Waals surface area (Å²) in [5.74, 6) is -6.86. The number of phenolic OH excluding ortho intramolecular Hbond substituents is 1. The first kappa shape index (κ1) is 24.4. The van der Waals surface area contributed by atoms with Crippen molar-refractivity contribution in [1.82, 2.24) is 4.90 Å². The molecule has 3 aliphatic carbocycles. The lowest BCUT2D eigenvalue weighted by Crippen LogP contribution is -2.65. The smallest absolute Gasteiger partial charge is 0.255 e. The largest absolute Gasteiger partial charge is 0.508 e. The van der Waals surface area contributed by atoms with Crippen molar-refractivity contribution in [3.8, 4) is 5.75 Å². The van der Waals surface area contributed by atoms with E-state index < -0.39 is 58.0 Å². The van der Waals surface area contributed by atoms with Crippen molar-refractivity contribution >= 4 is 28.9 Å². The van der Waals surface area contributed by atoms with E-state index in [0.717, 1.165) is 0 Å². The fraction of sp³-hybridized carbons (Fsp3) is 0.417. The molecule has 1 fully saturated rings. The van der Waals surface area contributed by atoms with Gasteiger partial charge in [0.05, 0.1) is 17.3 Å². The van der Waals surface area contributed by atoms with E-state index >= 15 is 0 Å². The van der Waals surface area contributed by atoms with Crippen molar-refractivity contribution < 1.29 is 39.6 Å². The molecule has 0 unspecified atom stereocenters. The molecule has 0 bridgehead atoms. The normalized spacial score (nSPS) is 28.6. The molecule has 1 aromatic carbocycles. The third-order valence-electron chi connectivity index (χ3n) is 7.22. The minimum Gasteiger partial charge on any atom is -0.508 e. The zero-order valence-corrected chi connectivity index (χ0v) is 19.7. The number of phenols is 1. The number of aromatic hydroxyl groups is 1. The maximum atomic E-state index is 13.8. The molecule has 0 radical (unpaired) electrons. The molecule has 1 saturated carbocycles. The van der Waals surface area contributed by atoms with E-state index in [0.29, 0.717) is 16.8 Å². The van der Waals surface area contributed by atoms with Gasteiger partial charge in [0.15, 0.2) is 11.4 Å². The van der Waals surface area contributed by atoms with Crippen LogP contribution in [0.15, 0.2) is 34.2 Å². The van der Waals surface area contributed by atoms with Crippen molar-refractivity contribution in [3.05, 3.63) is 45.7 Å². The van der Waals surface area contributed by atoms with Gasteiger partial charge in [0.2, 0.25) is 5.78 Å². The van der Waals surface area contributed by atoms with Crippen LogP contribution in [0, 0.1) is 11.8 Å². The highest BCUT2D eigenvalue weighted by Gasteiger charge is 2.64. The minimum absolute atomic E-state index is 0.00411. The lowest BCUT2D eigenvalue weighted by Gasteiger charge is -2.50. The Balaban J connectivity index is 1.98. The van der Waals surface area contributed by atoms with E-state index in [1.807, 2.05) is 0 Å². The van der Waals surface area contributed by atoms with Crippen LogP contribution in [0.3, 0.4) is 0 Å². The number of hydrogen-bond donors (Lipinski definition) is 5. The first-order valence-electron chi connectivity index (χ1n) is 11.0. The van der Waals surface area contributed by atoms with E-state index in [4.69, 9.17) is 10.6 Å². The summed E-state index contributed by atoms with van der Waals surface area (Å²) in [4.78, 5) is 45.2. The van der Waals surface area contributed by atoms with Crippen molar-refractivity contribution in [2.24, 2.45) is 22.7 Å². The number of carbonyl (C=O) groups is 3. The molecule has 11 nitrogen and oxygen atoms in total. The SMILES string of the molecule is CO/N=C(\C)c1ccc(O)c2c1C[C@@H]1C[C@H]3[C@@H](N(C)C)C(=O)C(C(N)=O)=C(O)[C@]3(O)C(=O)C1=C2O. The summed E-state index contributed by atoms with van der Waals surface area (Å²) in [5.41, 5.74) is 3.19. The molecule has 35 heavy (non-hydrogen) atoms. The molecule has 186 valence electrons. The number of rotatable bonds is 4. The molecule has 1 amide bonds.